The second kappa shape index (κ2) is 6.00. The van der Waals surface area contributed by atoms with Gasteiger partial charge in [-0.1, -0.05) is 29.3 Å². The Bertz CT molecular complexity index is 648. The molecule has 2 rings (SSSR count). The van der Waals surface area contributed by atoms with E-state index in [0.29, 0.717) is 21.3 Å². The molecule has 98 valence electrons. The van der Waals surface area contributed by atoms with Crippen LogP contribution in [0.15, 0.2) is 27.8 Å². The molecule has 0 spiro atoms. The van der Waals surface area contributed by atoms with Gasteiger partial charge in [-0.3, -0.25) is 4.79 Å². The topological polar surface area (TPSA) is 55.1 Å². The Morgan fingerprint density at radius 3 is 3.21 bits per heavy atom. The predicted octanol–water partition coefficient (Wildman–Crippen LogP) is 2.71. The second-order valence-corrected chi connectivity index (χ2v) is 5.50. The van der Waals surface area contributed by atoms with Crippen molar-refractivity contribution in [1.29, 1.82) is 0 Å². The number of benzene rings is 1. The third kappa shape index (κ3) is 3.43. The summed E-state index contributed by atoms with van der Waals surface area (Å²) in [5, 5.41) is 3.30. The number of terminal acetylenes is 1. The van der Waals surface area contributed by atoms with Crippen LogP contribution in [0, 0.1) is 12.3 Å². The lowest BCUT2D eigenvalue weighted by Crippen LogP contribution is -2.31. The van der Waals surface area contributed by atoms with Gasteiger partial charge in [0.1, 0.15) is 5.52 Å². The van der Waals surface area contributed by atoms with Crippen molar-refractivity contribution in [2.75, 3.05) is 6.54 Å². The minimum atomic E-state index is -0.336. The number of nitrogens with zero attached hydrogens (tertiary/aromatic N) is 1. The summed E-state index contributed by atoms with van der Waals surface area (Å²) in [6.07, 6.45) is 5.08. The normalized spacial score (nSPS) is 12.1. The number of oxazole rings is 1. The molecular formula is C13H11ClN2O2S. The first kappa shape index (κ1) is 13.8. The number of nitrogens with one attached hydrogen (secondary N) is 1. The average molecular weight is 295 g/mol. The highest BCUT2D eigenvalue weighted by molar-refractivity contribution is 8.00. The van der Waals surface area contributed by atoms with E-state index in [4.69, 9.17) is 22.4 Å². The smallest absolute Gasteiger partial charge is 0.257 e. The fourth-order valence-corrected chi connectivity index (χ4v) is 2.36. The number of carbonyl (C=O) groups is 1. The maximum Gasteiger partial charge on any atom is 0.257 e. The zero-order valence-corrected chi connectivity index (χ0v) is 11.7. The zero-order chi connectivity index (χ0) is 13.8. The van der Waals surface area contributed by atoms with Crippen LogP contribution in [-0.2, 0) is 4.79 Å². The molecule has 0 bridgehead atoms. The van der Waals surface area contributed by atoms with Gasteiger partial charge in [0, 0.05) is 5.02 Å². The summed E-state index contributed by atoms with van der Waals surface area (Å²) < 4.78 is 5.52. The number of hydrogen-bond acceptors (Lipinski definition) is 4. The molecule has 1 amide bonds. The van der Waals surface area contributed by atoms with Crippen LogP contribution in [0.25, 0.3) is 11.1 Å². The van der Waals surface area contributed by atoms with Crippen LogP contribution in [0.3, 0.4) is 0 Å². The summed E-state index contributed by atoms with van der Waals surface area (Å²) in [7, 11) is 0. The van der Waals surface area contributed by atoms with E-state index in [0.717, 1.165) is 0 Å². The van der Waals surface area contributed by atoms with Crippen LogP contribution in [0.4, 0.5) is 0 Å². The number of rotatable bonds is 4. The summed E-state index contributed by atoms with van der Waals surface area (Å²) in [6.45, 7) is 1.98. The van der Waals surface area contributed by atoms with E-state index in [2.05, 4.69) is 16.2 Å². The number of aromatic nitrogens is 1. The molecule has 1 aromatic carbocycles. The molecule has 19 heavy (non-hydrogen) atoms. The van der Waals surface area contributed by atoms with Crippen molar-refractivity contribution in [3.05, 3.63) is 23.2 Å². The van der Waals surface area contributed by atoms with Gasteiger partial charge in [-0.25, -0.2) is 4.98 Å². The van der Waals surface area contributed by atoms with Crippen molar-refractivity contribution in [3.63, 3.8) is 0 Å². The molecule has 0 aliphatic rings. The van der Waals surface area contributed by atoms with Crippen LogP contribution in [0.5, 0.6) is 0 Å². The van der Waals surface area contributed by atoms with Crippen molar-refractivity contribution >= 4 is 40.4 Å². The third-order valence-electron chi connectivity index (χ3n) is 2.34. The van der Waals surface area contributed by atoms with E-state index in [1.165, 1.54) is 11.8 Å². The molecule has 1 unspecified atom stereocenters. The Balaban J connectivity index is 2.09. The predicted molar refractivity (Wildman–Crippen MR) is 76.2 cm³/mol. The molecule has 4 nitrogen and oxygen atoms in total. The molecule has 0 radical (unpaired) electrons. The minimum Gasteiger partial charge on any atom is -0.431 e. The number of thioether (sulfide) groups is 1. The molecule has 1 atom stereocenters. The third-order valence-corrected chi connectivity index (χ3v) is 3.52. The first-order valence-electron chi connectivity index (χ1n) is 5.54. The molecule has 6 heteroatoms. The summed E-state index contributed by atoms with van der Waals surface area (Å²) >= 11 is 7.10. The van der Waals surface area contributed by atoms with E-state index in [1.807, 2.05) is 0 Å². The van der Waals surface area contributed by atoms with Crippen LogP contribution in [-0.4, -0.2) is 22.7 Å². The molecule has 2 aromatic rings. The molecule has 0 aliphatic heterocycles. The minimum absolute atomic E-state index is 0.150. The van der Waals surface area contributed by atoms with E-state index in [-0.39, 0.29) is 17.7 Å². The SMILES string of the molecule is C#CCNC(=O)C(C)Sc1nc2cc(Cl)ccc2o1. The van der Waals surface area contributed by atoms with Crippen molar-refractivity contribution in [2.45, 2.75) is 17.4 Å². The van der Waals surface area contributed by atoms with Gasteiger partial charge in [0.2, 0.25) is 5.91 Å². The lowest BCUT2D eigenvalue weighted by Gasteiger charge is -2.07. The van der Waals surface area contributed by atoms with E-state index >= 15 is 0 Å². The van der Waals surface area contributed by atoms with Crippen molar-refractivity contribution in [1.82, 2.24) is 10.3 Å². The lowest BCUT2D eigenvalue weighted by atomic mass is 10.3. The zero-order valence-electron chi connectivity index (χ0n) is 10.1. The van der Waals surface area contributed by atoms with E-state index in [9.17, 15) is 4.79 Å². The van der Waals surface area contributed by atoms with Crippen LogP contribution < -0.4 is 5.32 Å². The Morgan fingerprint density at radius 1 is 1.68 bits per heavy atom. The standard InChI is InChI=1S/C13H11ClN2O2S/c1-3-6-15-12(17)8(2)19-13-16-10-7-9(14)4-5-11(10)18-13/h1,4-5,7-8H,6H2,2H3,(H,15,17). The van der Waals surface area contributed by atoms with Gasteiger partial charge < -0.3 is 9.73 Å². The number of carbonyl (C=O) groups excluding carboxylic acids is 1. The Hall–Kier alpha value is -1.64. The monoisotopic (exact) mass is 294 g/mol. The first-order valence-corrected chi connectivity index (χ1v) is 6.80. The maximum atomic E-state index is 11.7. The summed E-state index contributed by atoms with van der Waals surface area (Å²) in [6, 6.07) is 5.19. The average Bonchev–Trinajstić information content (AvgIpc) is 2.77. The summed E-state index contributed by atoms with van der Waals surface area (Å²) in [4.78, 5) is 15.9. The molecule has 1 aromatic heterocycles. The van der Waals surface area contributed by atoms with Crippen LogP contribution >= 0.6 is 23.4 Å². The van der Waals surface area contributed by atoms with Gasteiger partial charge in [0.25, 0.3) is 5.22 Å². The molecule has 1 N–H and O–H groups in total. The number of fused-ring (bicyclic) bond motifs is 1. The number of hydrogen-bond donors (Lipinski definition) is 1. The van der Waals surface area contributed by atoms with Crippen LogP contribution in [0.2, 0.25) is 5.02 Å². The fraction of sp³-hybridized carbons (Fsp3) is 0.231. The molecule has 0 saturated heterocycles. The summed E-state index contributed by atoms with van der Waals surface area (Å²) in [5.41, 5.74) is 1.31. The Morgan fingerprint density at radius 2 is 2.47 bits per heavy atom. The van der Waals surface area contributed by atoms with Crippen molar-refractivity contribution in [2.24, 2.45) is 0 Å². The number of halogens is 1. The fourth-order valence-electron chi connectivity index (χ4n) is 1.42. The van der Waals surface area contributed by atoms with Crippen molar-refractivity contribution < 1.29 is 9.21 Å². The molecular weight excluding hydrogens is 284 g/mol. The molecule has 0 fully saturated rings. The first-order chi connectivity index (χ1) is 9.10. The maximum absolute atomic E-state index is 11.7. The van der Waals surface area contributed by atoms with Gasteiger partial charge in [-0.2, -0.15) is 0 Å². The van der Waals surface area contributed by atoms with E-state index < -0.39 is 0 Å². The largest absolute Gasteiger partial charge is 0.431 e. The lowest BCUT2D eigenvalue weighted by molar-refractivity contribution is -0.120. The Kier molecular flexibility index (Phi) is 4.35. The number of amides is 1. The molecule has 0 saturated carbocycles. The molecule has 1 heterocycles. The van der Waals surface area contributed by atoms with Gasteiger partial charge in [0.15, 0.2) is 5.58 Å². The highest BCUT2D eigenvalue weighted by Crippen LogP contribution is 2.28. The van der Waals surface area contributed by atoms with Gasteiger partial charge in [0.05, 0.1) is 11.8 Å². The van der Waals surface area contributed by atoms with Gasteiger partial charge in [-0.05, 0) is 25.1 Å². The quantitative estimate of drug-likeness (QED) is 0.696. The van der Waals surface area contributed by atoms with Gasteiger partial charge >= 0.3 is 0 Å². The van der Waals surface area contributed by atoms with Gasteiger partial charge in [-0.15, -0.1) is 6.42 Å². The summed E-state index contributed by atoms with van der Waals surface area (Å²) in [5.74, 6) is 2.20. The molecule has 0 aliphatic carbocycles. The second-order valence-electron chi connectivity index (χ2n) is 3.77. The Labute approximate surface area is 119 Å². The highest BCUT2D eigenvalue weighted by atomic mass is 35.5. The van der Waals surface area contributed by atoms with Crippen molar-refractivity contribution in [3.8, 4) is 12.3 Å². The van der Waals surface area contributed by atoms with Crippen LogP contribution in [0.1, 0.15) is 6.92 Å². The highest BCUT2D eigenvalue weighted by Gasteiger charge is 2.17. The van der Waals surface area contributed by atoms with E-state index in [1.54, 1.807) is 25.1 Å².